The second kappa shape index (κ2) is 6.65. The Labute approximate surface area is 110 Å². The molecule has 0 aliphatic carbocycles. The number of hydrogen-bond acceptors (Lipinski definition) is 5. The first-order valence-electron chi connectivity index (χ1n) is 5.93. The van der Waals surface area contributed by atoms with Crippen LogP contribution in [0.2, 0.25) is 0 Å². The lowest BCUT2D eigenvalue weighted by Gasteiger charge is -2.08. The smallest absolute Gasteiger partial charge is 0.131 e. The first-order valence-corrected chi connectivity index (χ1v) is 5.93. The Bertz CT molecular complexity index is 536. The number of aliphatic hydroxyl groups excluding tert-OH is 1. The van der Waals surface area contributed by atoms with Gasteiger partial charge in [0.2, 0.25) is 0 Å². The van der Waals surface area contributed by atoms with E-state index in [0.29, 0.717) is 30.3 Å². The molecule has 3 N–H and O–H groups in total. The number of aromatic nitrogens is 2. The van der Waals surface area contributed by atoms with Crippen LogP contribution in [0.1, 0.15) is 5.56 Å². The van der Waals surface area contributed by atoms with Gasteiger partial charge in [-0.3, -0.25) is 0 Å². The average molecular weight is 262 g/mol. The largest absolute Gasteiger partial charge is 0.395 e. The zero-order chi connectivity index (χ0) is 13.5. The van der Waals surface area contributed by atoms with E-state index in [4.69, 9.17) is 5.11 Å². The summed E-state index contributed by atoms with van der Waals surface area (Å²) in [6.07, 6.45) is 1.41. The molecular weight excluding hydrogens is 247 g/mol. The molecule has 0 unspecified atom stereocenters. The fourth-order valence-electron chi connectivity index (χ4n) is 1.56. The summed E-state index contributed by atoms with van der Waals surface area (Å²) in [7, 11) is 0. The molecule has 0 aliphatic rings. The van der Waals surface area contributed by atoms with E-state index in [1.54, 1.807) is 24.3 Å². The van der Waals surface area contributed by atoms with E-state index < -0.39 is 0 Å². The predicted molar refractivity (Wildman–Crippen MR) is 71.3 cm³/mol. The molecule has 0 radical (unpaired) electrons. The number of hydrogen-bond donors (Lipinski definition) is 3. The summed E-state index contributed by atoms with van der Waals surface area (Å²) >= 11 is 0. The topological polar surface area (TPSA) is 70.1 Å². The van der Waals surface area contributed by atoms with Crippen molar-refractivity contribution in [2.24, 2.45) is 0 Å². The minimum Gasteiger partial charge on any atom is -0.395 e. The van der Waals surface area contributed by atoms with Gasteiger partial charge in [0.1, 0.15) is 23.8 Å². The van der Waals surface area contributed by atoms with Crippen molar-refractivity contribution < 1.29 is 9.50 Å². The van der Waals surface area contributed by atoms with Gasteiger partial charge in [-0.2, -0.15) is 0 Å². The number of halogens is 1. The molecule has 1 heterocycles. The normalized spacial score (nSPS) is 10.2. The highest BCUT2D eigenvalue weighted by Gasteiger charge is 2.02. The van der Waals surface area contributed by atoms with Gasteiger partial charge in [-0.25, -0.2) is 14.4 Å². The Balaban J connectivity index is 1.98. The van der Waals surface area contributed by atoms with Crippen LogP contribution in [0.3, 0.4) is 0 Å². The Morgan fingerprint density at radius 2 is 1.84 bits per heavy atom. The van der Waals surface area contributed by atoms with E-state index in [9.17, 15) is 4.39 Å². The minimum absolute atomic E-state index is 0.0298. The highest BCUT2D eigenvalue weighted by Crippen LogP contribution is 2.11. The van der Waals surface area contributed by atoms with Gasteiger partial charge < -0.3 is 15.7 Å². The lowest BCUT2D eigenvalue weighted by molar-refractivity contribution is 0.311. The highest BCUT2D eigenvalue weighted by molar-refractivity contribution is 5.46. The minimum atomic E-state index is -0.248. The SMILES string of the molecule is OCCNc1cc(NCc2ccccc2F)ncn1. The summed E-state index contributed by atoms with van der Waals surface area (Å²) in [6, 6.07) is 8.28. The fourth-order valence-corrected chi connectivity index (χ4v) is 1.56. The van der Waals surface area contributed by atoms with Gasteiger partial charge in [0.25, 0.3) is 0 Å². The summed E-state index contributed by atoms with van der Waals surface area (Å²) < 4.78 is 13.4. The molecule has 0 atom stereocenters. The molecule has 0 fully saturated rings. The zero-order valence-electron chi connectivity index (χ0n) is 10.3. The van der Waals surface area contributed by atoms with Crippen LogP contribution >= 0.6 is 0 Å². The van der Waals surface area contributed by atoms with Gasteiger partial charge in [0.05, 0.1) is 6.61 Å². The van der Waals surface area contributed by atoms with E-state index in [1.165, 1.54) is 12.4 Å². The summed E-state index contributed by atoms with van der Waals surface area (Å²) in [5.74, 6) is 0.960. The average Bonchev–Trinajstić information content (AvgIpc) is 2.45. The lowest BCUT2D eigenvalue weighted by atomic mass is 10.2. The zero-order valence-corrected chi connectivity index (χ0v) is 10.3. The fraction of sp³-hybridized carbons (Fsp3) is 0.231. The van der Waals surface area contributed by atoms with Crippen molar-refractivity contribution in [3.63, 3.8) is 0 Å². The molecule has 2 aromatic rings. The maximum atomic E-state index is 13.4. The van der Waals surface area contributed by atoms with E-state index in [2.05, 4.69) is 20.6 Å². The quantitative estimate of drug-likeness (QED) is 0.738. The molecular formula is C13H15FN4O. The molecule has 0 spiro atoms. The maximum Gasteiger partial charge on any atom is 0.131 e. The van der Waals surface area contributed by atoms with Crippen LogP contribution in [0, 0.1) is 5.82 Å². The summed E-state index contributed by atoms with van der Waals surface area (Å²) in [5, 5.41) is 14.7. The van der Waals surface area contributed by atoms with Crippen molar-refractivity contribution in [3.05, 3.63) is 48.0 Å². The number of anilines is 2. The third-order valence-corrected chi connectivity index (χ3v) is 2.50. The lowest BCUT2D eigenvalue weighted by Crippen LogP contribution is -2.08. The van der Waals surface area contributed by atoms with Crippen LogP contribution in [0.4, 0.5) is 16.0 Å². The Morgan fingerprint density at radius 3 is 2.58 bits per heavy atom. The highest BCUT2D eigenvalue weighted by atomic mass is 19.1. The Hall–Kier alpha value is -2.21. The van der Waals surface area contributed by atoms with E-state index in [1.807, 2.05) is 0 Å². The molecule has 19 heavy (non-hydrogen) atoms. The van der Waals surface area contributed by atoms with Crippen molar-refractivity contribution in [2.75, 3.05) is 23.8 Å². The molecule has 5 nitrogen and oxygen atoms in total. The van der Waals surface area contributed by atoms with Gasteiger partial charge in [0, 0.05) is 24.7 Å². The molecule has 2 rings (SSSR count). The number of nitrogens with zero attached hydrogens (tertiary/aromatic N) is 2. The molecule has 0 bridgehead atoms. The first kappa shape index (κ1) is 13.2. The Morgan fingerprint density at radius 1 is 1.11 bits per heavy atom. The predicted octanol–water partition coefficient (Wildman–Crippen LogP) is 1.63. The second-order valence-electron chi connectivity index (χ2n) is 3.88. The Kier molecular flexibility index (Phi) is 4.63. The monoisotopic (exact) mass is 262 g/mol. The van der Waals surface area contributed by atoms with Crippen LogP contribution in [0.5, 0.6) is 0 Å². The van der Waals surface area contributed by atoms with Crippen LogP contribution in [0.15, 0.2) is 36.7 Å². The molecule has 6 heteroatoms. The van der Waals surface area contributed by atoms with Crippen molar-refractivity contribution >= 4 is 11.6 Å². The van der Waals surface area contributed by atoms with Crippen molar-refractivity contribution in [1.82, 2.24) is 9.97 Å². The number of aliphatic hydroxyl groups is 1. The molecule has 0 saturated heterocycles. The third kappa shape index (κ3) is 3.89. The van der Waals surface area contributed by atoms with Gasteiger partial charge >= 0.3 is 0 Å². The van der Waals surface area contributed by atoms with Crippen LogP contribution in [-0.4, -0.2) is 28.2 Å². The van der Waals surface area contributed by atoms with Crippen LogP contribution in [0.25, 0.3) is 0 Å². The van der Waals surface area contributed by atoms with Crippen molar-refractivity contribution in [2.45, 2.75) is 6.54 Å². The van der Waals surface area contributed by atoms with Crippen molar-refractivity contribution in [3.8, 4) is 0 Å². The maximum absolute atomic E-state index is 13.4. The molecule has 0 saturated carbocycles. The van der Waals surface area contributed by atoms with Gasteiger partial charge in [-0.05, 0) is 6.07 Å². The number of rotatable bonds is 6. The molecule has 0 amide bonds. The van der Waals surface area contributed by atoms with E-state index in [-0.39, 0.29) is 12.4 Å². The number of nitrogens with one attached hydrogen (secondary N) is 2. The van der Waals surface area contributed by atoms with E-state index in [0.717, 1.165) is 0 Å². The van der Waals surface area contributed by atoms with Gasteiger partial charge in [-0.15, -0.1) is 0 Å². The molecule has 0 aliphatic heterocycles. The summed E-state index contributed by atoms with van der Waals surface area (Å²) in [5.41, 5.74) is 0.575. The van der Waals surface area contributed by atoms with E-state index >= 15 is 0 Å². The van der Waals surface area contributed by atoms with Gasteiger partial charge in [-0.1, -0.05) is 18.2 Å². The first-order chi connectivity index (χ1) is 9.29. The third-order valence-electron chi connectivity index (χ3n) is 2.50. The molecule has 100 valence electrons. The number of benzene rings is 1. The summed E-state index contributed by atoms with van der Waals surface area (Å²) in [4.78, 5) is 8.05. The molecule has 1 aromatic heterocycles. The van der Waals surface area contributed by atoms with Gasteiger partial charge in [0.15, 0.2) is 0 Å². The van der Waals surface area contributed by atoms with Crippen LogP contribution in [-0.2, 0) is 6.54 Å². The van der Waals surface area contributed by atoms with Crippen LogP contribution < -0.4 is 10.6 Å². The second-order valence-corrected chi connectivity index (χ2v) is 3.88. The molecule has 1 aromatic carbocycles. The summed E-state index contributed by atoms with van der Waals surface area (Å²) in [6.45, 7) is 0.800. The standard InChI is InChI=1S/C13H15FN4O/c14-11-4-2-1-3-10(11)8-16-13-7-12(15-5-6-19)17-9-18-13/h1-4,7,9,19H,5-6,8H2,(H2,15,16,17,18). The van der Waals surface area contributed by atoms with Crippen molar-refractivity contribution in [1.29, 1.82) is 0 Å².